The van der Waals surface area contributed by atoms with Crippen molar-refractivity contribution in [3.8, 4) is 5.75 Å². The minimum atomic E-state index is -0.509. The highest BCUT2D eigenvalue weighted by Crippen LogP contribution is 2.24. The number of hydrogen-bond acceptors (Lipinski definition) is 2. The highest BCUT2D eigenvalue weighted by atomic mass is 35.5. The average molecular weight is 313 g/mol. The maximum atomic E-state index is 13.3. The van der Waals surface area contributed by atoms with Gasteiger partial charge >= 0.3 is 0 Å². The molecule has 2 aromatic rings. The molecule has 0 heterocycles. The molecule has 5 heteroatoms. The van der Waals surface area contributed by atoms with Crippen LogP contribution in [0.15, 0.2) is 36.4 Å². The van der Waals surface area contributed by atoms with Crippen molar-refractivity contribution in [3.05, 3.63) is 63.4 Å². The van der Waals surface area contributed by atoms with E-state index in [1.807, 2.05) is 0 Å². The van der Waals surface area contributed by atoms with Crippen molar-refractivity contribution < 1.29 is 13.9 Å². The zero-order valence-electron chi connectivity index (χ0n) is 10.6. The van der Waals surface area contributed by atoms with Crippen LogP contribution in [0.1, 0.15) is 15.9 Å². The molecule has 104 valence electrons. The fourth-order valence-corrected chi connectivity index (χ4v) is 2.17. The molecule has 0 aromatic heterocycles. The second kappa shape index (κ2) is 6.25. The van der Waals surface area contributed by atoms with Gasteiger partial charge in [-0.1, -0.05) is 23.2 Å². The van der Waals surface area contributed by atoms with Crippen LogP contribution >= 0.6 is 23.2 Å². The van der Waals surface area contributed by atoms with Gasteiger partial charge in [0.15, 0.2) is 17.3 Å². The first-order valence-corrected chi connectivity index (χ1v) is 6.57. The predicted molar refractivity (Wildman–Crippen MR) is 77.4 cm³/mol. The van der Waals surface area contributed by atoms with Crippen molar-refractivity contribution in [3.63, 3.8) is 0 Å². The molecule has 0 radical (unpaired) electrons. The summed E-state index contributed by atoms with van der Waals surface area (Å²) in [4.78, 5) is 12.2. The Morgan fingerprint density at radius 2 is 1.95 bits per heavy atom. The summed E-state index contributed by atoms with van der Waals surface area (Å²) in [6.45, 7) is 0. The SMILES string of the molecule is COc1cc(C(=O)Cc2cc(Cl)ccc2Cl)ccc1F. The molecular weight excluding hydrogens is 302 g/mol. The third kappa shape index (κ3) is 3.30. The molecule has 2 aromatic carbocycles. The molecule has 0 atom stereocenters. The van der Waals surface area contributed by atoms with Crippen molar-refractivity contribution in [2.45, 2.75) is 6.42 Å². The Balaban J connectivity index is 2.26. The lowest BCUT2D eigenvalue weighted by atomic mass is 10.0. The van der Waals surface area contributed by atoms with Gasteiger partial charge in [0, 0.05) is 22.0 Å². The molecule has 0 amide bonds. The number of carbonyl (C=O) groups excluding carboxylic acids is 1. The Morgan fingerprint density at radius 1 is 1.20 bits per heavy atom. The van der Waals surface area contributed by atoms with E-state index in [4.69, 9.17) is 27.9 Å². The number of carbonyl (C=O) groups is 1. The van der Waals surface area contributed by atoms with Crippen LogP contribution in [0.4, 0.5) is 4.39 Å². The van der Waals surface area contributed by atoms with Crippen LogP contribution in [0.25, 0.3) is 0 Å². The molecular formula is C15H11Cl2FO2. The van der Waals surface area contributed by atoms with Crippen LogP contribution in [0, 0.1) is 5.82 Å². The molecule has 0 aliphatic heterocycles. The molecule has 0 saturated heterocycles. The van der Waals surface area contributed by atoms with Gasteiger partial charge in [0.1, 0.15) is 0 Å². The molecule has 0 aliphatic rings. The van der Waals surface area contributed by atoms with Crippen molar-refractivity contribution in [2.75, 3.05) is 7.11 Å². The summed E-state index contributed by atoms with van der Waals surface area (Å²) in [5, 5.41) is 0.978. The van der Waals surface area contributed by atoms with Gasteiger partial charge in [-0.05, 0) is 42.0 Å². The highest BCUT2D eigenvalue weighted by molar-refractivity contribution is 6.33. The second-order valence-electron chi connectivity index (χ2n) is 4.19. The Morgan fingerprint density at radius 3 is 2.65 bits per heavy atom. The number of rotatable bonds is 4. The third-order valence-electron chi connectivity index (χ3n) is 2.83. The van der Waals surface area contributed by atoms with Crippen molar-refractivity contribution >= 4 is 29.0 Å². The van der Waals surface area contributed by atoms with Crippen LogP contribution in [-0.2, 0) is 6.42 Å². The summed E-state index contributed by atoms with van der Waals surface area (Å²) in [5.74, 6) is -0.662. The molecule has 0 saturated carbocycles. The predicted octanol–water partition coefficient (Wildman–Crippen LogP) is 4.57. The lowest BCUT2D eigenvalue weighted by Gasteiger charge is -2.07. The van der Waals surface area contributed by atoms with Gasteiger partial charge < -0.3 is 4.74 Å². The van der Waals surface area contributed by atoms with Gasteiger partial charge in [0.05, 0.1) is 7.11 Å². The largest absolute Gasteiger partial charge is 0.494 e. The van der Waals surface area contributed by atoms with Crippen LogP contribution in [0.3, 0.4) is 0 Å². The molecule has 2 rings (SSSR count). The normalized spacial score (nSPS) is 10.4. The van der Waals surface area contributed by atoms with E-state index in [1.54, 1.807) is 18.2 Å². The maximum Gasteiger partial charge on any atom is 0.167 e. The van der Waals surface area contributed by atoms with E-state index >= 15 is 0 Å². The maximum absolute atomic E-state index is 13.3. The van der Waals surface area contributed by atoms with Crippen molar-refractivity contribution in [1.82, 2.24) is 0 Å². The van der Waals surface area contributed by atoms with Gasteiger partial charge in [-0.2, -0.15) is 0 Å². The van der Waals surface area contributed by atoms with Crippen molar-refractivity contribution in [2.24, 2.45) is 0 Å². The van der Waals surface area contributed by atoms with Gasteiger partial charge in [-0.3, -0.25) is 4.79 Å². The van der Waals surface area contributed by atoms with E-state index in [0.29, 0.717) is 21.2 Å². The van der Waals surface area contributed by atoms with Crippen molar-refractivity contribution in [1.29, 1.82) is 0 Å². The number of Topliss-reactive ketones (excluding diaryl/α,β-unsaturated/α-hetero) is 1. The first kappa shape index (κ1) is 14.8. The quantitative estimate of drug-likeness (QED) is 0.773. The number of methoxy groups -OCH3 is 1. The van der Waals surface area contributed by atoms with Crippen LogP contribution in [0.2, 0.25) is 10.0 Å². The van der Waals surface area contributed by atoms with E-state index in [1.165, 1.54) is 25.3 Å². The molecule has 0 bridgehead atoms. The van der Waals surface area contributed by atoms with Gasteiger partial charge in [-0.15, -0.1) is 0 Å². The molecule has 20 heavy (non-hydrogen) atoms. The Kier molecular flexibility index (Phi) is 4.63. The molecule has 0 unspecified atom stereocenters. The Labute approximate surface area is 126 Å². The summed E-state index contributed by atoms with van der Waals surface area (Å²) in [7, 11) is 1.35. The third-order valence-corrected chi connectivity index (χ3v) is 3.44. The average Bonchev–Trinajstić information content (AvgIpc) is 2.43. The zero-order valence-corrected chi connectivity index (χ0v) is 12.1. The summed E-state index contributed by atoms with van der Waals surface area (Å²) >= 11 is 11.9. The van der Waals surface area contributed by atoms with E-state index < -0.39 is 5.82 Å². The number of halogens is 3. The fraction of sp³-hybridized carbons (Fsp3) is 0.133. The van der Waals surface area contributed by atoms with Crippen LogP contribution < -0.4 is 4.74 Å². The van der Waals surface area contributed by atoms with E-state index in [9.17, 15) is 9.18 Å². The number of hydrogen-bond donors (Lipinski definition) is 0. The number of ketones is 1. The van der Waals surface area contributed by atoms with Crippen LogP contribution in [-0.4, -0.2) is 12.9 Å². The topological polar surface area (TPSA) is 26.3 Å². The summed E-state index contributed by atoms with van der Waals surface area (Å²) in [5.41, 5.74) is 0.992. The van der Waals surface area contributed by atoms with Gasteiger partial charge in [0.25, 0.3) is 0 Å². The monoisotopic (exact) mass is 312 g/mol. The van der Waals surface area contributed by atoms with E-state index in [-0.39, 0.29) is 18.0 Å². The van der Waals surface area contributed by atoms with E-state index in [0.717, 1.165) is 0 Å². The van der Waals surface area contributed by atoms with Crippen LogP contribution in [0.5, 0.6) is 5.75 Å². The molecule has 0 N–H and O–H groups in total. The lowest BCUT2D eigenvalue weighted by Crippen LogP contribution is -2.05. The first-order chi connectivity index (χ1) is 9.51. The minimum Gasteiger partial charge on any atom is -0.494 e. The van der Waals surface area contributed by atoms with E-state index in [2.05, 4.69) is 0 Å². The smallest absolute Gasteiger partial charge is 0.167 e. The molecule has 2 nitrogen and oxygen atoms in total. The zero-order chi connectivity index (χ0) is 14.7. The van der Waals surface area contributed by atoms with Gasteiger partial charge in [0.2, 0.25) is 0 Å². The highest BCUT2D eigenvalue weighted by Gasteiger charge is 2.13. The summed E-state index contributed by atoms with van der Waals surface area (Å²) < 4.78 is 18.2. The Hall–Kier alpha value is -1.58. The Bertz CT molecular complexity index is 656. The second-order valence-corrected chi connectivity index (χ2v) is 5.03. The fourth-order valence-electron chi connectivity index (χ4n) is 1.79. The molecule has 0 aliphatic carbocycles. The lowest BCUT2D eigenvalue weighted by molar-refractivity contribution is 0.0992. The standard InChI is InChI=1S/C15H11Cl2FO2/c1-20-15-8-9(2-5-13(15)18)14(19)7-10-6-11(16)3-4-12(10)17/h2-6,8H,7H2,1H3. The first-order valence-electron chi connectivity index (χ1n) is 5.82. The number of ether oxygens (including phenoxy) is 1. The molecule has 0 spiro atoms. The molecule has 0 fully saturated rings. The summed E-state index contributed by atoms with van der Waals surface area (Å²) in [6.07, 6.45) is 0.0914. The summed E-state index contributed by atoms with van der Waals surface area (Å²) in [6, 6.07) is 8.92. The minimum absolute atomic E-state index is 0.0352. The van der Waals surface area contributed by atoms with Gasteiger partial charge in [-0.25, -0.2) is 4.39 Å². The number of benzene rings is 2.